The monoisotopic (exact) mass is 310 g/mol. The first kappa shape index (κ1) is 11.3. The molecule has 0 fully saturated rings. The summed E-state index contributed by atoms with van der Waals surface area (Å²) in [4.78, 5) is 7.62. The van der Waals surface area contributed by atoms with Gasteiger partial charge < -0.3 is 10.0 Å². The third-order valence-electron chi connectivity index (χ3n) is 2.81. The highest BCUT2D eigenvalue weighted by Crippen LogP contribution is 2.41. The number of rotatable bonds is 2. The number of fused-ring (bicyclic) bond motifs is 1. The Labute approximate surface area is 112 Å². The molecule has 0 aromatic heterocycles. The van der Waals surface area contributed by atoms with Gasteiger partial charge in [-0.2, -0.15) is 0 Å². The largest absolute Gasteiger partial charge is 0.391 e. The summed E-state index contributed by atoms with van der Waals surface area (Å²) in [7, 11) is 0. The van der Waals surface area contributed by atoms with Gasteiger partial charge in [-0.3, -0.25) is 4.99 Å². The molecule has 1 aromatic carbocycles. The van der Waals surface area contributed by atoms with Crippen molar-refractivity contribution >= 4 is 38.6 Å². The van der Waals surface area contributed by atoms with Gasteiger partial charge in [0.15, 0.2) is 5.17 Å². The molecule has 0 amide bonds. The maximum absolute atomic E-state index is 9.44. The summed E-state index contributed by atoms with van der Waals surface area (Å²) >= 11 is 5.02. The molecule has 1 N–H and O–H groups in total. The lowest BCUT2D eigenvalue weighted by Gasteiger charge is -2.17. The third kappa shape index (κ3) is 1.92. The van der Waals surface area contributed by atoms with Crippen LogP contribution in [0.3, 0.4) is 0 Å². The van der Waals surface area contributed by atoms with Crippen molar-refractivity contribution in [3.8, 4) is 0 Å². The molecule has 2 aliphatic rings. The molecule has 3 nitrogen and oxygen atoms in total. The number of thioether (sulfide) groups is 1. The minimum absolute atomic E-state index is 0.0750. The number of benzene rings is 1. The van der Waals surface area contributed by atoms with Gasteiger partial charge in [-0.15, -0.1) is 0 Å². The zero-order valence-corrected chi connectivity index (χ0v) is 11.5. The van der Waals surface area contributed by atoms with E-state index in [9.17, 15) is 5.11 Å². The second-order valence-electron chi connectivity index (χ2n) is 3.85. The average Bonchev–Trinajstić information content (AvgIpc) is 2.89. The van der Waals surface area contributed by atoms with Crippen molar-refractivity contribution < 1.29 is 5.11 Å². The maximum atomic E-state index is 9.44. The van der Waals surface area contributed by atoms with E-state index in [-0.39, 0.29) is 6.61 Å². The molecule has 3 rings (SSSR count). The van der Waals surface area contributed by atoms with Gasteiger partial charge >= 0.3 is 0 Å². The number of aliphatic hydroxyl groups excluding tert-OH is 1. The molecule has 5 heteroatoms. The van der Waals surface area contributed by atoms with Gasteiger partial charge in [0.2, 0.25) is 0 Å². The first-order chi connectivity index (χ1) is 8.29. The van der Waals surface area contributed by atoms with E-state index in [1.54, 1.807) is 11.8 Å². The molecule has 0 atom stereocenters. The zero-order chi connectivity index (χ0) is 11.8. The number of halogens is 1. The fourth-order valence-corrected chi connectivity index (χ4v) is 3.38. The minimum Gasteiger partial charge on any atom is -0.391 e. The van der Waals surface area contributed by atoms with Crippen LogP contribution >= 0.6 is 27.7 Å². The molecule has 2 aliphatic heterocycles. The van der Waals surface area contributed by atoms with Crippen LogP contribution in [-0.2, 0) is 0 Å². The van der Waals surface area contributed by atoms with Gasteiger partial charge in [0.05, 0.1) is 18.8 Å². The summed E-state index contributed by atoms with van der Waals surface area (Å²) in [5.74, 6) is 0. The highest BCUT2D eigenvalue weighted by Gasteiger charge is 2.32. The SMILES string of the molecule is OCC1=C(c2ccc(Br)cc2)N2CCN=C2S1. The summed E-state index contributed by atoms with van der Waals surface area (Å²) in [6.45, 7) is 1.84. The molecule has 2 heterocycles. The number of hydrogen-bond donors (Lipinski definition) is 1. The highest BCUT2D eigenvalue weighted by molar-refractivity contribution is 9.10. The Morgan fingerprint density at radius 2 is 2.12 bits per heavy atom. The average molecular weight is 311 g/mol. The molecule has 0 bridgehead atoms. The van der Waals surface area contributed by atoms with Crippen LogP contribution < -0.4 is 0 Å². The number of aliphatic hydroxyl groups is 1. The molecular formula is C12H11BrN2OS. The van der Waals surface area contributed by atoms with Crippen molar-refractivity contribution in [1.29, 1.82) is 0 Å². The van der Waals surface area contributed by atoms with E-state index in [1.165, 1.54) is 0 Å². The van der Waals surface area contributed by atoms with Gasteiger partial charge in [0.25, 0.3) is 0 Å². The summed E-state index contributed by atoms with van der Waals surface area (Å²) in [6, 6.07) is 8.17. The predicted octanol–water partition coefficient (Wildman–Crippen LogP) is 2.53. The van der Waals surface area contributed by atoms with Crippen LogP contribution in [0, 0.1) is 0 Å². The van der Waals surface area contributed by atoms with Crippen LogP contribution in [0.15, 0.2) is 38.6 Å². The fourth-order valence-electron chi connectivity index (χ4n) is 2.06. The highest BCUT2D eigenvalue weighted by atomic mass is 79.9. The Hall–Kier alpha value is -0.780. The zero-order valence-electron chi connectivity index (χ0n) is 9.06. The number of hydrogen-bond acceptors (Lipinski definition) is 4. The predicted molar refractivity (Wildman–Crippen MR) is 74.7 cm³/mol. The maximum Gasteiger partial charge on any atom is 0.168 e. The van der Waals surface area contributed by atoms with Crippen LogP contribution in [0.2, 0.25) is 0 Å². The lowest BCUT2D eigenvalue weighted by molar-refractivity contribution is 0.339. The standard InChI is InChI=1S/C12H11BrN2OS/c13-9-3-1-8(2-4-9)11-10(7-16)17-12-14-5-6-15(11)12/h1-4,16H,5-7H2. The van der Waals surface area contributed by atoms with Gasteiger partial charge in [-0.25, -0.2) is 0 Å². The number of nitrogens with zero attached hydrogens (tertiary/aromatic N) is 2. The first-order valence-corrected chi connectivity index (χ1v) is 7.00. The number of aliphatic imine (C=N–C) groups is 1. The Morgan fingerprint density at radius 3 is 2.82 bits per heavy atom. The van der Waals surface area contributed by atoms with E-state index >= 15 is 0 Å². The second kappa shape index (κ2) is 4.48. The Bertz CT molecular complexity index is 510. The van der Waals surface area contributed by atoms with Crippen molar-refractivity contribution in [3.05, 3.63) is 39.2 Å². The summed E-state index contributed by atoms with van der Waals surface area (Å²) < 4.78 is 1.06. The van der Waals surface area contributed by atoms with E-state index < -0.39 is 0 Å². The van der Waals surface area contributed by atoms with Crippen LogP contribution in [0.5, 0.6) is 0 Å². The van der Waals surface area contributed by atoms with Crippen molar-refractivity contribution in [2.24, 2.45) is 4.99 Å². The van der Waals surface area contributed by atoms with Crippen LogP contribution in [0.4, 0.5) is 0 Å². The van der Waals surface area contributed by atoms with Gasteiger partial charge in [0.1, 0.15) is 0 Å². The molecule has 1 aromatic rings. The van der Waals surface area contributed by atoms with Crippen molar-refractivity contribution in [3.63, 3.8) is 0 Å². The van der Waals surface area contributed by atoms with E-state index in [0.717, 1.165) is 38.9 Å². The molecule has 0 unspecified atom stereocenters. The second-order valence-corrected chi connectivity index (χ2v) is 5.83. The van der Waals surface area contributed by atoms with Crippen molar-refractivity contribution in [1.82, 2.24) is 4.90 Å². The van der Waals surface area contributed by atoms with Crippen molar-refractivity contribution in [2.45, 2.75) is 0 Å². The molecule has 88 valence electrons. The van der Waals surface area contributed by atoms with Gasteiger partial charge in [-0.05, 0) is 17.7 Å². The summed E-state index contributed by atoms with van der Waals surface area (Å²) in [5.41, 5.74) is 2.25. The van der Waals surface area contributed by atoms with Gasteiger partial charge in [-0.1, -0.05) is 39.8 Å². The third-order valence-corrected chi connectivity index (χ3v) is 4.44. The normalized spacial score (nSPS) is 18.7. The van der Waals surface area contributed by atoms with E-state index in [0.29, 0.717) is 0 Å². The topological polar surface area (TPSA) is 35.8 Å². The molecule has 0 saturated carbocycles. The Kier molecular flexibility index (Phi) is 2.98. The molecule has 0 spiro atoms. The Balaban J connectivity index is 2.04. The summed E-state index contributed by atoms with van der Waals surface area (Å²) in [5, 5.41) is 10.5. The lowest BCUT2D eigenvalue weighted by Crippen LogP contribution is -2.20. The minimum atomic E-state index is 0.0750. The van der Waals surface area contributed by atoms with E-state index in [2.05, 4.69) is 38.0 Å². The lowest BCUT2D eigenvalue weighted by atomic mass is 10.1. The van der Waals surface area contributed by atoms with Crippen LogP contribution in [0.25, 0.3) is 5.70 Å². The number of amidine groups is 1. The molecule has 0 saturated heterocycles. The van der Waals surface area contributed by atoms with E-state index in [4.69, 9.17) is 0 Å². The molecular weight excluding hydrogens is 300 g/mol. The van der Waals surface area contributed by atoms with Gasteiger partial charge in [0, 0.05) is 15.9 Å². The molecule has 0 radical (unpaired) electrons. The Morgan fingerprint density at radius 1 is 1.35 bits per heavy atom. The quantitative estimate of drug-likeness (QED) is 0.912. The smallest absolute Gasteiger partial charge is 0.168 e. The van der Waals surface area contributed by atoms with E-state index in [1.807, 2.05) is 12.1 Å². The fraction of sp³-hybridized carbons (Fsp3) is 0.250. The van der Waals surface area contributed by atoms with Crippen LogP contribution in [0.1, 0.15) is 5.56 Å². The molecule has 0 aliphatic carbocycles. The first-order valence-electron chi connectivity index (χ1n) is 5.39. The van der Waals surface area contributed by atoms with Crippen molar-refractivity contribution in [2.75, 3.05) is 19.7 Å². The summed E-state index contributed by atoms with van der Waals surface area (Å²) in [6.07, 6.45) is 0. The van der Waals surface area contributed by atoms with Crippen LogP contribution in [-0.4, -0.2) is 34.9 Å². The molecule has 17 heavy (non-hydrogen) atoms.